The average Bonchev–Trinajstić information content (AvgIpc) is 2.49. The van der Waals surface area contributed by atoms with E-state index >= 15 is 0 Å². The minimum Gasteiger partial charge on any atom is -0.363 e. The molecule has 21 heavy (non-hydrogen) atoms. The molecule has 2 heterocycles. The van der Waals surface area contributed by atoms with E-state index in [1.54, 1.807) is 6.20 Å². The van der Waals surface area contributed by atoms with E-state index in [1.807, 2.05) is 32.0 Å². The van der Waals surface area contributed by atoms with Crippen LogP contribution in [0.3, 0.4) is 0 Å². The van der Waals surface area contributed by atoms with Gasteiger partial charge >= 0.3 is 0 Å². The molecule has 0 aliphatic carbocycles. The summed E-state index contributed by atoms with van der Waals surface area (Å²) < 4.78 is 0. The number of nitrogens with zero attached hydrogens (tertiary/aromatic N) is 3. The van der Waals surface area contributed by atoms with Crippen molar-refractivity contribution in [2.75, 3.05) is 5.32 Å². The van der Waals surface area contributed by atoms with Gasteiger partial charge in [0.15, 0.2) is 11.0 Å². The molecule has 0 aliphatic heterocycles. The predicted octanol–water partition coefficient (Wildman–Crippen LogP) is 3.91. The number of halogens is 1. The van der Waals surface area contributed by atoms with Crippen LogP contribution in [0.5, 0.6) is 0 Å². The molecule has 0 unspecified atom stereocenters. The van der Waals surface area contributed by atoms with Gasteiger partial charge in [0.05, 0.1) is 16.9 Å². The standard InChI is InChI=1S/C16H15ClN4/c1-10-11(2)21-16(15(17)20-10)19-9-13-6-3-5-12-7-4-8-18-14(12)13/h3-8H,9H2,1-2H3,(H,19,21). The van der Waals surface area contributed by atoms with Crippen LogP contribution >= 0.6 is 11.6 Å². The molecular formula is C16H15ClN4. The third-order valence-corrected chi connectivity index (χ3v) is 3.69. The van der Waals surface area contributed by atoms with Crippen molar-refractivity contribution in [1.82, 2.24) is 15.0 Å². The molecule has 0 aliphatic rings. The maximum absolute atomic E-state index is 6.13. The smallest absolute Gasteiger partial charge is 0.171 e. The molecule has 0 radical (unpaired) electrons. The number of hydrogen-bond donors (Lipinski definition) is 1. The maximum atomic E-state index is 6.13. The summed E-state index contributed by atoms with van der Waals surface area (Å²) in [7, 11) is 0. The van der Waals surface area contributed by atoms with Crippen molar-refractivity contribution < 1.29 is 0 Å². The van der Waals surface area contributed by atoms with Crippen LogP contribution in [0.1, 0.15) is 17.0 Å². The number of fused-ring (bicyclic) bond motifs is 1. The molecule has 0 amide bonds. The Morgan fingerprint density at radius 1 is 1.05 bits per heavy atom. The second-order valence-electron chi connectivity index (χ2n) is 4.88. The highest BCUT2D eigenvalue weighted by atomic mass is 35.5. The molecule has 0 saturated heterocycles. The summed E-state index contributed by atoms with van der Waals surface area (Å²) in [4.78, 5) is 13.2. The lowest BCUT2D eigenvalue weighted by Gasteiger charge is -2.10. The molecule has 0 atom stereocenters. The number of aryl methyl sites for hydroxylation is 2. The molecule has 1 N–H and O–H groups in total. The number of pyridine rings is 1. The van der Waals surface area contributed by atoms with Gasteiger partial charge in [0.2, 0.25) is 0 Å². The van der Waals surface area contributed by atoms with Gasteiger partial charge < -0.3 is 5.32 Å². The summed E-state index contributed by atoms with van der Waals surface area (Å²) in [5.41, 5.74) is 3.81. The van der Waals surface area contributed by atoms with Crippen LogP contribution < -0.4 is 5.32 Å². The van der Waals surface area contributed by atoms with Crippen molar-refractivity contribution in [3.8, 4) is 0 Å². The Labute approximate surface area is 128 Å². The summed E-state index contributed by atoms with van der Waals surface area (Å²) in [6.07, 6.45) is 1.80. The Morgan fingerprint density at radius 3 is 2.67 bits per heavy atom. The molecule has 0 fully saturated rings. The summed E-state index contributed by atoms with van der Waals surface area (Å²) in [5.74, 6) is 0.604. The highest BCUT2D eigenvalue weighted by Gasteiger charge is 2.08. The zero-order valence-electron chi connectivity index (χ0n) is 11.9. The van der Waals surface area contributed by atoms with Crippen LogP contribution in [-0.4, -0.2) is 15.0 Å². The molecule has 0 bridgehead atoms. The van der Waals surface area contributed by atoms with Crippen molar-refractivity contribution >= 4 is 28.3 Å². The van der Waals surface area contributed by atoms with E-state index in [-0.39, 0.29) is 0 Å². The number of para-hydroxylation sites is 1. The van der Waals surface area contributed by atoms with Crippen molar-refractivity contribution in [1.29, 1.82) is 0 Å². The first-order valence-electron chi connectivity index (χ1n) is 6.72. The van der Waals surface area contributed by atoms with Crippen LogP contribution in [0.25, 0.3) is 10.9 Å². The predicted molar refractivity (Wildman–Crippen MR) is 85.6 cm³/mol. The van der Waals surface area contributed by atoms with Gasteiger partial charge in [-0.15, -0.1) is 0 Å². The van der Waals surface area contributed by atoms with Crippen LogP contribution in [0.4, 0.5) is 5.82 Å². The molecular weight excluding hydrogens is 284 g/mol. The zero-order chi connectivity index (χ0) is 14.8. The highest BCUT2D eigenvalue weighted by Crippen LogP contribution is 2.21. The second kappa shape index (κ2) is 5.66. The number of rotatable bonds is 3. The molecule has 5 heteroatoms. The summed E-state index contributed by atoms with van der Waals surface area (Å²) >= 11 is 6.13. The van der Waals surface area contributed by atoms with Gasteiger partial charge in [-0.05, 0) is 25.5 Å². The highest BCUT2D eigenvalue weighted by molar-refractivity contribution is 6.31. The maximum Gasteiger partial charge on any atom is 0.171 e. The van der Waals surface area contributed by atoms with Crippen LogP contribution in [-0.2, 0) is 6.54 Å². The van der Waals surface area contributed by atoms with Crippen molar-refractivity contribution in [3.63, 3.8) is 0 Å². The van der Waals surface area contributed by atoms with Gasteiger partial charge in [0.1, 0.15) is 0 Å². The Hall–Kier alpha value is -2.20. The first-order chi connectivity index (χ1) is 10.1. The third-order valence-electron chi connectivity index (χ3n) is 3.43. The topological polar surface area (TPSA) is 50.7 Å². The van der Waals surface area contributed by atoms with Crippen molar-refractivity contribution in [3.05, 3.63) is 58.6 Å². The number of aromatic nitrogens is 3. The van der Waals surface area contributed by atoms with Gasteiger partial charge in [0.25, 0.3) is 0 Å². The molecule has 3 aromatic rings. The molecule has 1 aromatic carbocycles. The van der Waals surface area contributed by atoms with Crippen molar-refractivity contribution in [2.45, 2.75) is 20.4 Å². The third kappa shape index (κ3) is 2.81. The number of hydrogen-bond acceptors (Lipinski definition) is 4. The minimum atomic E-state index is 0.395. The first kappa shape index (κ1) is 13.8. The lowest BCUT2D eigenvalue weighted by Crippen LogP contribution is -2.06. The van der Waals surface area contributed by atoms with Crippen molar-refractivity contribution in [2.24, 2.45) is 0 Å². The van der Waals surface area contributed by atoms with E-state index in [4.69, 9.17) is 11.6 Å². The Kier molecular flexibility index (Phi) is 3.71. The number of anilines is 1. The summed E-state index contributed by atoms with van der Waals surface area (Å²) in [5, 5.41) is 4.76. The monoisotopic (exact) mass is 298 g/mol. The fraction of sp³-hybridized carbons (Fsp3) is 0.188. The summed E-state index contributed by atoms with van der Waals surface area (Å²) in [6, 6.07) is 10.1. The molecule has 0 spiro atoms. The van der Waals surface area contributed by atoms with E-state index in [9.17, 15) is 0 Å². The van der Waals surface area contributed by atoms with Crippen LogP contribution in [0, 0.1) is 13.8 Å². The molecule has 2 aromatic heterocycles. The quantitative estimate of drug-likeness (QED) is 0.796. The second-order valence-corrected chi connectivity index (χ2v) is 5.24. The van der Waals surface area contributed by atoms with E-state index in [0.717, 1.165) is 27.9 Å². The molecule has 0 saturated carbocycles. The van der Waals surface area contributed by atoms with Gasteiger partial charge in [-0.2, -0.15) is 0 Å². The molecule has 106 valence electrons. The fourth-order valence-electron chi connectivity index (χ4n) is 2.18. The van der Waals surface area contributed by atoms with E-state index in [0.29, 0.717) is 17.5 Å². The number of benzene rings is 1. The Balaban J connectivity index is 1.89. The lowest BCUT2D eigenvalue weighted by molar-refractivity contribution is 1.02. The van der Waals surface area contributed by atoms with Gasteiger partial charge in [0, 0.05) is 18.1 Å². The average molecular weight is 299 g/mol. The van der Waals surface area contributed by atoms with Crippen LogP contribution in [0.15, 0.2) is 36.5 Å². The van der Waals surface area contributed by atoms with Gasteiger partial charge in [-0.25, -0.2) is 9.97 Å². The Morgan fingerprint density at radius 2 is 1.81 bits per heavy atom. The molecule has 3 rings (SSSR count). The fourth-order valence-corrected chi connectivity index (χ4v) is 2.41. The number of nitrogens with one attached hydrogen (secondary N) is 1. The lowest BCUT2D eigenvalue weighted by atomic mass is 10.1. The van der Waals surface area contributed by atoms with E-state index in [1.165, 1.54) is 0 Å². The molecule has 4 nitrogen and oxygen atoms in total. The van der Waals surface area contributed by atoms with Crippen LogP contribution in [0.2, 0.25) is 5.15 Å². The largest absolute Gasteiger partial charge is 0.363 e. The normalized spacial score (nSPS) is 10.8. The first-order valence-corrected chi connectivity index (χ1v) is 7.10. The summed E-state index contributed by atoms with van der Waals surface area (Å²) in [6.45, 7) is 4.42. The van der Waals surface area contributed by atoms with E-state index in [2.05, 4.69) is 32.4 Å². The minimum absolute atomic E-state index is 0.395. The zero-order valence-corrected chi connectivity index (χ0v) is 12.6. The SMILES string of the molecule is Cc1nc(Cl)c(NCc2cccc3cccnc23)nc1C. The van der Waals surface area contributed by atoms with E-state index < -0.39 is 0 Å². The Bertz CT molecular complexity index is 796. The van der Waals surface area contributed by atoms with Gasteiger partial charge in [-0.3, -0.25) is 4.98 Å². The van der Waals surface area contributed by atoms with Gasteiger partial charge in [-0.1, -0.05) is 35.9 Å².